The standard InChI is InChI=1S/C21H27FN2/c1-2-21(18-8-10-19(22)11-9-18)23-20-12-14-24(15-13-20)16-17-6-4-3-5-7-17/h3-11,20-21,23H,2,12-16H2,1H3. The number of halogens is 1. The molecule has 1 unspecified atom stereocenters. The fraction of sp³-hybridized carbons (Fsp3) is 0.429. The first-order valence-corrected chi connectivity index (χ1v) is 9.02. The van der Waals surface area contributed by atoms with Crippen molar-refractivity contribution in [1.29, 1.82) is 0 Å². The molecule has 2 aromatic carbocycles. The highest BCUT2D eigenvalue weighted by molar-refractivity contribution is 5.20. The van der Waals surface area contributed by atoms with Gasteiger partial charge in [0.15, 0.2) is 0 Å². The molecule has 0 saturated carbocycles. The zero-order valence-electron chi connectivity index (χ0n) is 14.4. The van der Waals surface area contributed by atoms with E-state index in [1.165, 1.54) is 24.0 Å². The van der Waals surface area contributed by atoms with E-state index >= 15 is 0 Å². The maximum Gasteiger partial charge on any atom is 0.123 e. The zero-order chi connectivity index (χ0) is 16.8. The van der Waals surface area contributed by atoms with Crippen LogP contribution in [0.5, 0.6) is 0 Å². The van der Waals surface area contributed by atoms with E-state index in [-0.39, 0.29) is 5.82 Å². The number of benzene rings is 2. The van der Waals surface area contributed by atoms with Crippen molar-refractivity contribution in [2.24, 2.45) is 0 Å². The van der Waals surface area contributed by atoms with Crippen LogP contribution in [-0.2, 0) is 6.54 Å². The largest absolute Gasteiger partial charge is 0.307 e. The number of piperidine rings is 1. The summed E-state index contributed by atoms with van der Waals surface area (Å²) in [5.74, 6) is -0.164. The first kappa shape index (κ1) is 17.1. The highest BCUT2D eigenvalue weighted by atomic mass is 19.1. The fourth-order valence-electron chi connectivity index (χ4n) is 3.53. The summed E-state index contributed by atoms with van der Waals surface area (Å²) in [5.41, 5.74) is 2.58. The molecule has 0 spiro atoms. The molecule has 2 nitrogen and oxygen atoms in total. The molecule has 128 valence electrons. The summed E-state index contributed by atoms with van der Waals surface area (Å²) < 4.78 is 13.1. The van der Waals surface area contributed by atoms with Gasteiger partial charge in [0.05, 0.1) is 0 Å². The minimum atomic E-state index is -0.164. The Morgan fingerprint density at radius 1 is 1.04 bits per heavy atom. The van der Waals surface area contributed by atoms with E-state index in [1.807, 2.05) is 12.1 Å². The second-order valence-electron chi connectivity index (χ2n) is 6.72. The molecule has 1 fully saturated rings. The van der Waals surface area contributed by atoms with Crippen LogP contribution in [0.2, 0.25) is 0 Å². The van der Waals surface area contributed by atoms with E-state index in [0.717, 1.165) is 26.1 Å². The number of hydrogen-bond acceptors (Lipinski definition) is 2. The molecule has 0 radical (unpaired) electrons. The molecule has 0 aromatic heterocycles. The lowest BCUT2D eigenvalue weighted by Gasteiger charge is -2.34. The van der Waals surface area contributed by atoms with Gasteiger partial charge < -0.3 is 5.32 Å². The summed E-state index contributed by atoms with van der Waals surface area (Å²) in [7, 11) is 0. The quantitative estimate of drug-likeness (QED) is 0.839. The van der Waals surface area contributed by atoms with Crippen molar-refractivity contribution in [3.63, 3.8) is 0 Å². The fourth-order valence-corrected chi connectivity index (χ4v) is 3.53. The molecule has 1 N–H and O–H groups in total. The van der Waals surface area contributed by atoms with Gasteiger partial charge in [-0.3, -0.25) is 4.90 Å². The van der Waals surface area contributed by atoms with Crippen molar-refractivity contribution in [3.05, 3.63) is 71.5 Å². The van der Waals surface area contributed by atoms with E-state index in [0.29, 0.717) is 12.1 Å². The van der Waals surface area contributed by atoms with Gasteiger partial charge >= 0.3 is 0 Å². The summed E-state index contributed by atoms with van der Waals surface area (Å²) in [6.07, 6.45) is 3.37. The molecule has 0 aliphatic carbocycles. The molecule has 0 bridgehead atoms. The first-order chi connectivity index (χ1) is 11.7. The van der Waals surface area contributed by atoms with Crippen LogP contribution in [0.4, 0.5) is 4.39 Å². The highest BCUT2D eigenvalue weighted by Gasteiger charge is 2.21. The number of rotatable bonds is 6. The van der Waals surface area contributed by atoms with Crippen molar-refractivity contribution < 1.29 is 4.39 Å². The predicted octanol–water partition coefficient (Wildman–Crippen LogP) is 4.53. The normalized spacial score (nSPS) is 17.8. The Hall–Kier alpha value is -1.71. The van der Waals surface area contributed by atoms with Crippen LogP contribution in [0.25, 0.3) is 0 Å². The average Bonchev–Trinajstić information content (AvgIpc) is 2.63. The van der Waals surface area contributed by atoms with E-state index in [9.17, 15) is 4.39 Å². The lowest BCUT2D eigenvalue weighted by atomic mass is 9.99. The lowest BCUT2D eigenvalue weighted by molar-refractivity contribution is 0.183. The van der Waals surface area contributed by atoms with Gasteiger partial charge in [-0.25, -0.2) is 4.39 Å². The Morgan fingerprint density at radius 2 is 1.71 bits per heavy atom. The predicted molar refractivity (Wildman–Crippen MR) is 97.3 cm³/mol. The van der Waals surface area contributed by atoms with Crippen LogP contribution in [0.1, 0.15) is 43.4 Å². The van der Waals surface area contributed by atoms with E-state index in [1.54, 1.807) is 12.1 Å². The Labute approximate surface area is 144 Å². The van der Waals surface area contributed by atoms with Gasteiger partial charge in [0.2, 0.25) is 0 Å². The van der Waals surface area contributed by atoms with Gasteiger partial charge in [-0.15, -0.1) is 0 Å². The maximum atomic E-state index is 13.1. The van der Waals surface area contributed by atoms with Crippen molar-refractivity contribution >= 4 is 0 Å². The van der Waals surface area contributed by atoms with Crippen molar-refractivity contribution in [2.75, 3.05) is 13.1 Å². The van der Waals surface area contributed by atoms with Crippen molar-refractivity contribution in [2.45, 2.75) is 44.8 Å². The second-order valence-corrected chi connectivity index (χ2v) is 6.72. The SMILES string of the molecule is CCC(NC1CCN(Cc2ccccc2)CC1)c1ccc(F)cc1. The Bertz CT molecular complexity index is 603. The summed E-state index contributed by atoms with van der Waals surface area (Å²) in [6.45, 7) is 5.49. The molecule has 1 aliphatic rings. The van der Waals surface area contributed by atoms with Crippen LogP contribution in [0, 0.1) is 5.82 Å². The van der Waals surface area contributed by atoms with Gasteiger partial charge in [-0.05, 0) is 55.6 Å². The third-order valence-corrected chi connectivity index (χ3v) is 4.95. The van der Waals surface area contributed by atoms with Gasteiger partial charge in [0.25, 0.3) is 0 Å². The third-order valence-electron chi connectivity index (χ3n) is 4.95. The number of nitrogens with zero attached hydrogens (tertiary/aromatic N) is 1. The Balaban J connectivity index is 1.50. The van der Waals surface area contributed by atoms with E-state index < -0.39 is 0 Å². The molecule has 1 saturated heterocycles. The number of nitrogens with one attached hydrogen (secondary N) is 1. The molecule has 0 amide bonds. The van der Waals surface area contributed by atoms with Crippen LogP contribution >= 0.6 is 0 Å². The van der Waals surface area contributed by atoms with Crippen molar-refractivity contribution in [1.82, 2.24) is 10.2 Å². The highest BCUT2D eigenvalue weighted by Crippen LogP contribution is 2.21. The van der Waals surface area contributed by atoms with E-state index in [4.69, 9.17) is 0 Å². The number of likely N-dealkylation sites (tertiary alicyclic amines) is 1. The monoisotopic (exact) mass is 326 g/mol. The molecule has 1 atom stereocenters. The van der Waals surface area contributed by atoms with Gasteiger partial charge in [-0.2, -0.15) is 0 Å². The first-order valence-electron chi connectivity index (χ1n) is 9.02. The molecule has 24 heavy (non-hydrogen) atoms. The van der Waals surface area contributed by atoms with Gasteiger partial charge in [0.1, 0.15) is 5.82 Å². The molecule has 2 aromatic rings. The molecular formula is C21H27FN2. The summed E-state index contributed by atoms with van der Waals surface area (Å²) in [4.78, 5) is 2.53. The summed E-state index contributed by atoms with van der Waals surface area (Å²) in [6, 6.07) is 18.5. The topological polar surface area (TPSA) is 15.3 Å². The number of hydrogen-bond donors (Lipinski definition) is 1. The summed E-state index contributed by atoms with van der Waals surface area (Å²) >= 11 is 0. The molecule has 3 rings (SSSR count). The average molecular weight is 326 g/mol. The smallest absolute Gasteiger partial charge is 0.123 e. The minimum absolute atomic E-state index is 0.164. The van der Waals surface area contributed by atoms with Crippen molar-refractivity contribution in [3.8, 4) is 0 Å². The summed E-state index contributed by atoms with van der Waals surface area (Å²) in [5, 5.41) is 3.78. The van der Waals surface area contributed by atoms with E-state index in [2.05, 4.69) is 47.5 Å². The second kappa shape index (κ2) is 8.41. The third kappa shape index (κ3) is 4.65. The van der Waals surface area contributed by atoms with Gasteiger partial charge in [0, 0.05) is 18.6 Å². The van der Waals surface area contributed by atoms with Gasteiger partial charge in [-0.1, -0.05) is 49.4 Å². The molecular weight excluding hydrogens is 299 g/mol. The molecule has 3 heteroatoms. The zero-order valence-corrected chi connectivity index (χ0v) is 14.4. The van der Waals surface area contributed by atoms with Crippen LogP contribution in [0.3, 0.4) is 0 Å². The maximum absolute atomic E-state index is 13.1. The lowest BCUT2D eigenvalue weighted by Crippen LogP contribution is -2.43. The Kier molecular flexibility index (Phi) is 6.00. The van der Waals surface area contributed by atoms with Crippen LogP contribution in [-0.4, -0.2) is 24.0 Å². The van der Waals surface area contributed by atoms with Crippen LogP contribution < -0.4 is 5.32 Å². The minimum Gasteiger partial charge on any atom is -0.307 e. The molecule has 1 aliphatic heterocycles. The Morgan fingerprint density at radius 3 is 2.33 bits per heavy atom. The molecule has 1 heterocycles. The van der Waals surface area contributed by atoms with Crippen LogP contribution in [0.15, 0.2) is 54.6 Å².